The molecule has 1 fully saturated rings. The number of rotatable bonds is 8. The zero-order chi connectivity index (χ0) is 29.4. The summed E-state index contributed by atoms with van der Waals surface area (Å²) in [6.45, 7) is 4.67. The third-order valence-corrected chi connectivity index (χ3v) is 7.08. The fourth-order valence-electron chi connectivity index (χ4n) is 4.90. The predicted molar refractivity (Wildman–Crippen MR) is 164 cm³/mol. The normalized spacial score (nSPS) is 13.7. The van der Waals surface area contributed by atoms with Gasteiger partial charge in [0, 0.05) is 47.7 Å². The molecule has 0 radical (unpaired) electrons. The Balaban J connectivity index is 1.10. The van der Waals surface area contributed by atoms with E-state index in [-0.39, 0.29) is 18.3 Å². The Kier molecular flexibility index (Phi) is 8.64. The van der Waals surface area contributed by atoms with E-state index in [1.165, 1.54) is 18.5 Å². The zero-order valence-electron chi connectivity index (χ0n) is 23.5. The number of carbonyl (C=O) groups is 1. The third kappa shape index (κ3) is 7.22. The van der Waals surface area contributed by atoms with Gasteiger partial charge >= 0.3 is 0 Å². The molecule has 43 heavy (non-hydrogen) atoms. The summed E-state index contributed by atoms with van der Waals surface area (Å²) in [7, 11) is 0. The van der Waals surface area contributed by atoms with Crippen LogP contribution >= 0.6 is 0 Å². The van der Waals surface area contributed by atoms with Crippen molar-refractivity contribution in [2.45, 2.75) is 6.54 Å². The number of halogens is 1. The first-order valence-corrected chi connectivity index (χ1v) is 14.1. The van der Waals surface area contributed by atoms with E-state index in [1.54, 1.807) is 18.3 Å². The Morgan fingerprint density at radius 2 is 1.98 bits per heavy atom. The first kappa shape index (κ1) is 28.0. The maximum atomic E-state index is 13.6. The minimum absolute atomic E-state index is 0.169. The maximum Gasteiger partial charge on any atom is 0.244 e. The second-order valence-corrected chi connectivity index (χ2v) is 10.1. The van der Waals surface area contributed by atoms with Gasteiger partial charge in [-0.05, 0) is 54.1 Å². The Morgan fingerprint density at radius 1 is 1.07 bits per heavy atom. The number of anilines is 2. The molecular weight excluding hydrogens is 545 g/mol. The van der Waals surface area contributed by atoms with Crippen LogP contribution < -0.4 is 10.6 Å². The fourth-order valence-corrected chi connectivity index (χ4v) is 4.90. The van der Waals surface area contributed by atoms with Crippen LogP contribution in [0.2, 0.25) is 0 Å². The van der Waals surface area contributed by atoms with Gasteiger partial charge in [0.05, 0.1) is 43.5 Å². The molecule has 1 amide bonds. The van der Waals surface area contributed by atoms with Crippen LogP contribution in [0.5, 0.6) is 0 Å². The van der Waals surface area contributed by atoms with E-state index in [4.69, 9.17) is 4.74 Å². The minimum Gasteiger partial charge on any atom is -0.379 e. The van der Waals surface area contributed by atoms with E-state index in [2.05, 4.69) is 42.4 Å². The van der Waals surface area contributed by atoms with Gasteiger partial charge in [-0.2, -0.15) is 5.10 Å². The predicted octanol–water partition coefficient (Wildman–Crippen LogP) is 4.27. The number of aromatic nitrogens is 4. The van der Waals surface area contributed by atoms with Crippen molar-refractivity contribution in [3.8, 4) is 11.8 Å². The summed E-state index contributed by atoms with van der Waals surface area (Å²) < 4.78 is 20.8. The van der Waals surface area contributed by atoms with Gasteiger partial charge < -0.3 is 15.4 Å². The van der Waals surface area contributed by atoms with Crippen LogP contribution in [0.4, 0.5) is 15.9 Å². The summed E-state index contributed by atoms with van der Waals surface area (Å²) in [5, 5.41) is 12.5. The Morgan fingerprint density at radius 3 is 2.86 bits per heavy atom. The zero-order valence-corrected chi connectivity index (χ0v) is 23.5. The molecule has 0 unspecified atom stereocenters. The highest BCUT2D eigenvalue weighted by atomic mass is 19.1. The molecule has 3 aromatic carbocycles. The number of morpholine rings is 1. The molecule has 9 nitrogen and oxygen atoms in total. The van der Waals surface area contributed by atoms with Crippen LogP contribution in [0.1, 0.15) is 11.1 Å². The average Bonchev–Trinajstić information content (AvgIpc) is 3.41. The first-order chi connectivity index (χ1) is 21.1. The largest absolute Gasteiger partial charge is 0.379 e. The lowest BCUT2D eigenvalue weighted by Crippen LogP contribution is -2.36. The number of benzene rings is 3. The van der Waals surface area contributed by atoms with Crippen molar-refractivity contribution in [1.29, 1.82) is 0 Å². The van der Waals surface area contributed by atoms with Crippen molar-refractivity contribution in [3.63, 3.8) is 0 Å². The average molecular weight is 576 g/mol. The second-order valence-electron chi connectivity index (χ2n) is 10.1. The van der Waals surface area contributed by atoms with Gasteiger partial charge in [0.1, 0.15) is 18.0 Å². The van der Waals surface area contributed by atoms with Crippen molar-refractivity contribution in [2.24, 2.45) is 0 Å². The smallest absolute Gasteiger partial charge is 0.244 e. The molecule has 6 rings (SSSR count). The lowest BCUT2D eigenvalue weighted by atomic mass is 10.1. The number of amides is 1. The maximum absolute atomic E-state index is 13.6. The summed E-state index contributed by atoms with van der Waals surface area (Å²) >= 11 is 0. The van der Waals surface area contributed by atoms with Crippen LogP contribution in [0, 0.1) is 17.7 Å². The molecule has 2 aromatic heterocycles. The molecule has 1 aliphatic rings. The van der Waals surface area contributed by atoms with Gasteiger partial charge in [-0.15, -0.1) is 0 Å². The topological polar surface area (TPSA) is 97.2 Å². The van der Waals surface area contributed by atoms with E-state index in [1.807, 2.05) is 53.2 Å². The SMILES string of the molecule is O=C(/C=C/CN1CCOCC1)NCC#Cc1ccc2ncnc(Nc3ccc4c(cnn4Cc4cccc(F)c4)c3)c2c1. The van der Waals surface area contributed by atoms with E-state index in [0.717, 1.165) is 71.5 Å². The summed E-state index contributed by atoms with van der Waals surface area (Å²) in [4.78, 5) is 23.2. The highest BCUT2D eigenvalue weighted by Crippen LogP contribution is 2.26. The van der Waals surface area contributed by atoms with E-state index in [0.29, 0.717) is 12.4 Å². The molecule has 216 valence electrons. The standard InChI is InChI=1S/C33H30FN7O2/c34-27-6-1-4-25(18-27)22-41-31-11-9-28(20-26(31)21-38-41)39-33-29-19-24(8-10-30(29)36-23-37-33)5-2-12-35-32(42)7-3-13-40-14-16-43-17-15-40/h1,3-4,6-11,18-21,23H,12-17,22H2,(H,35,42)(H,36,37,39)/b7-3+. The Bertz CT molecular complexity index is 1850. The fraction of sp³-hybridized carbons (Fsp3) is 0.212. The molecule has 5 aromatic rings. The molecule has 0 spiro atoms. The Labute approximate surface area is 248 Å². The van der Waals surface area contributed by atoms with Crippen LogP contribution in [0.15, 0.2) is 85.3 Å². The minimum atomic E-state index is -0.262. The molecule has 0 saturated carbocycles. The van der Waals surface area contributed by atoms with E-state index in [9.17, 15) is 9.18 Å². The van der Waals surface area contributed by atoms with Crippen LogP contribution in [-0.2, 0) is 16.1 Å². The number of hydrogen-bond acceptors (Lipinski definition) is 7. The van der Waals surface area contributed by atoms with Crippen LogP contribution in [0.25, 0.3) is 21.8 Å². The van der Waals surface area contributed by atoms with Gasteiger partial charge in [0.25, 0.3) is 0 Å². The van der Waals surface area contributed by atoms with Gasteiger partial charge in [-0.1, -0.05) is 30.0 Å². The lowest BCUT2D eigenvalue weighted by molar-refractivity contribution is -0.116. The summed E-state index contributed by atoms with van der Waals surface area (Å²) in [5.41, 5.74) is 4.21. The highest BCUT2D eigenvalue weighted by Gasteiger charge is 2.10. The number of ether oxygens (including phenoxy) is 1. The van der Waals surface area contributed by atoms with Crippen molar-refractivity contribution in [3.05, 3.63) is 102 Å². The van der Waals surface area contributed by atoms with Gasteiger partial charge in [-0.3, -0.25) is 14.4 Å². The number of nitrogens with zero attached hydrogens (tertiary/aromatic N) is 5. The Hall–Kier alpha value is -5.11. The van der Waals surface area contributed by atoms with E-state index < -0.39 is 0 Å². The number of hydrogen-bond donors (Lipinski definition) is 2. The molecule has 1 aliphatic heterocycles. The highest BCUT2D eigenvalue weighted by molar-refractivity contribution is 5.93. The monoisotopic (exact) mass is 575 g/mol. The molecule has 10 heteroatoms. The molecule has 0 atom stereocenters. The van der Waals surface area contributed by atoms with Crippen molar-refractivity contribution in [2.75, 3.05) is 44.7 Å². The molecule has 1 saturated heterocycles. The van der Waals surface area contributed by atoms with Gasteiger partial charge in [0.15, 0.2) is 0 Å². The number of carbonyl (C=O) groups excluding carboxylic acids is 1. The van der Waals surface area contributed by atoms with E-state index >= 15 is 0 Å². The summed E-state index contributed by atoms with van der Waals surface area (Å²) in [6, 6.07) is 18.2. The molecule has 2 N–H and O–H groups in total. The molecule has 3 heterocycles. The van der Waals surface area contributed by atoms with Crippen LogP contribution in [0.3, 0.4) is 0 Å². The lowest BCUT2D eigenvalue weighted by Gasteiger charge is -2.24. The van der Waals surface area contributed by atoms with Crippen LogP contribution in [-0.4, -0.2) is 69.9 Å². The van der Waals surface area contributed by atoms with Gasteiger partial charge in [-0.25, -0.2) is 14.4 Å². The quantitative estimate of drug-likeness (QED) is 0.211. The van der Waals surface area contributed by atoms with Crippen molar-refractivity contribution in [1.82, 2.24) is 30.0 Å². The summed E-state index contributed by atoms with van der Waals surface area (Å²) in [5.74, 6) is 6.35. The molecule has 0 aliphatic carbocycles. The number of fused-ring (bicyclic) bond motifs is 2. The van der Waals surface area contributed by atoms with Gasteiger partial charge in [0.2, 0.25) is 5.91 Å². The summed E-state index contributed by atoms with van der Waals surface area (Å²) in [6.07, 6.45) is 6.73. The third-order valence-electron chi connectivity index (χ3n) is 7.08. The second kappa shape index (κ2) is 13.2. The first-order valence-electron chi connectivity index (χ1n) is 14.1. The van der Waals surface area contributed by atoms with Crippen molar-refractivity contribution < 1.29 is 13.9 Å². The number of nitrogens with one attached hydrogen (secondary N) is 2. The van der Waals surface area contributed by atoms with Crippen molar-refractivity contribution >= 4 is 39.2 Å². The molecular formula is C33H30FN7O2. The molecule has 0 bridgehead atoms.